The molecule has 1 atom stereocenters. The van der Waals surface area contributed by atoms with Crippen molar-refractivity contribution in [1.29, 1.82) is 5.26 Å². The molecule has 0 saturated carbocycles. The van der Waals surface area contributed by atoms with Crippen molar-refractivity contribution in [3.05, 3.63) is 35.9 Å². The van der Waals surface area contributed by atoms with Crippen molar-refractivity contribution in [2.24, 2.45) is 0 Å². The van der Waals surface area contributed by atoms with Gasteiger partial charge in [0.15, 0.2) is 6.04 Å². The first-order valence-corrected chi connectivity index (χ1v) is 3.12. The second-order valence-corrected chi connectivity index (χ2v) is 2.09. The Morgan fingerprint density at radius 2 is 1.90 bits per heavy atom. The fraction of sp³-hybridized carbons (Fsp3) is 0.125. The number of nitrogens with zero attached hydrogens (tertiary/aromatic N) is 1. The van der Waals surface area contributed by atoms with Crippen molar-refractivity contribution in [3.8, 4) is 6.07 Å². The predicted octanol–water partition coefficient (Wildman–Crippen LogP) is 0.493. The fourth-order valence-corrected chi connectivity index (χ4v) is 0.760. The third-order valence-electron chi connectivity index (χ3n) is 1.36. The molecule has 2 nitrogen and oxygen atoms in total. The van der Waals surface area contributed by atoms with Crippen molar-refractivity contribution in [2.75, 3.05) is 0 Å². The Kier molecular flexibility index (Phi) is 2.03. The summed E-state index contributed by atoms with van der Waals surface area (Å²) in [6.07, 6.45) is 0. The first-order valence-electron chi connectivity index (χ1n) is 3.12. The number of rotatable bonds is 1. The summed E-state index contributed by atoms with van der Waals surface area (Å²) in [6, 6.07) is 11.4. The molecule has 0 radical (unpaired) electrons. The average Bonchev–Trinajstić information content (AvgIpc) is 2.05. The van der Waals surface area contributed by atoms with E-state index in [4.69, 9.17) is 5.26 Å². The van der Waals surface area contributed by atoms with E-state index in [1.807, 2.05) is 30.3 Å². The highest BCUT2D eigenvalue weighted by Crippen LogP contribution is 2.04. The van der Waals surface area contributed by atoms with Gasteiger partial charge in [-0.05, 0) is 0 Å². The molecule has 10 heavy (non-hydrogen) atoms. The molecule has 0 bridgehead atoms. The summed E-state index contributed by atoms with van der Waals surface area (Å²) in [7, 11) is 0. The maximum atomic E-state index is 8.48. The smallest absolute Gasteiger partial charge is 0.197 e. The van der Waals surface area contributed by atoms with Crippen molar-refractivity contribution >= 4 is 0 Å². The quantitative estimate of drug-likeness (QED) is 0.595. The van der Waals surface area contributed by atoms with E-state index in [0.717, 1.165) is 5.56 Å². The van der Waals surface area contributed by atoms with E-state index >= 15 is 0 Å². The van der Waals surface area contributed by atoms with Gasteiger partial charge >= 0.3 is 0 Å². The van der Waals surface area contributed by atoms with E-state index in [1.54, 1.807) is 0 Å². The van der Waals surface area contributed by atoms with Gasteiger partial charge in [0.2, 0.25) is 0 Å². The van der Waals surface area contributed by atoms with Crippen molar-refractivity contribution in [1.82, 2.24) is 0 Å². The Balaban J connectivity index is 2.88. The second-order valence-electron chi connectivity index (χ2n) is 2.09. The molecule has 0 fully saturated rings. The molecular formula is C8H9N2+. The van der Waals surface area contributed by atoms with Gasteiger partial charge in [0.1, 0.15) is 6.07 Å². The lowest BCUT2D eigenvalue weighted by Gasteiger charge is -1.96. The molecule has 0 amide bonds. The number of hydrogen-bond acceptors (Lipinski definition) is 1. The molecule has 1 rings (SSSR count). The van der Waals surface area contributed by atoms with Crippen LogP contribution in [0.1, 0.15) is 11.6 Å². The number of hydrogen-bond donors (Lipinski definition) is 1. The van der Waals surface area contributed by atoms with Crippen LogP contribution in [0.5, 0.6) is 0 Å². The molecule has 0 spiro atoms. The highest BCUT2D eigenvalue weighted by molar-refractivity contribution is 5.20. The molecule has 3 N–H and O–H groups in total. The van der Waals surface area contributed by atoms with Crippen LogP contribution in [-0.2, 0) is 0 Å². The van der Waals surface area contributed by atoms with Crippen molar-refractivity contribution in [2.45, 2.75) is 6.04 Å². The molecule has 2 heteroatoms. The van der Waals surface area contributed by atoms with Gasteiger partial charge in [-0.25, -0.2) is 0 Å². The van der Waals surface area contributed by atoms with Gasteiger partial charge in [0, 0.05) is 5.56 Å². The van der Waals surface area contributed by atoms with Crippen LogP contribution in [-0.4, -0.2) is 0 Å². The lowest BCUT2D eigenvalue weighted by molar-refractivity contribution is -0.406. The molecule has 0 aliphatic carbocycles. The van der Waals surface area contributed by atoms with Crippen LogP contribution in [0.25, 0.3) is 0 Å². The average molecular weight is 133 g/mol. The maximum Gasteiger partial charge on any atom is 0.197 e. The van der Waals surface area contributed by atoms with Crippen LogP contribution in [0.4, 0.5) is 0 Å². The van der Waals surface area contributed by atoms with Crippen molar-refractivity contribution < 1.29 is 5.73 Å². The molecule has 1 aromatic carbocycles. The van der Waals surface area contributed by atoms with Crippen LogP contribution in [0.3, 0.4) is 0 Å². The zero-order valence-corrected chi connectivity index (χ0v) is 5.62. The predicted molar refractivity (Wildman–Crippen MR) is 37.7 cm³/mol. The standard InChI is InChI=1S/C8H8N2/c9-6-8(10)7-4-2-1-3-5-7/h1-5,8H,10H2/p+1. The van der Waals surface area contributed by atoms with Crippen LogP contribution in [0.15, 0.2) is 30.3 Å². The minimum absolute atomic E-state index is 0.235. The van der Waals surface area contributed by atoms with Crippen LogP contribution >= 0.6 is 0 Å². The van der Waals surface area contributed by atoms with E-state index in [-0.39, 0.29) is 6.04 Å². The molecule has 1 aromatic rings. The van der Waals surface area contributed by atoms with Gasteiger partial charge in [-0.2, -0.15) is 5.26 Å². The number of nitriles is 1. The SMILES string of the molecule is N#CC([NH3+])c1ccccc1. The third-order valence-corrected chi connectivity index (χ3v) is 1.36. The van der Waals surface area contributed by atoms with Crippen molar-refractivity contribution in [3.63, 3.8) is 0 Å². The lowest BCUT2D eigenvalue weighted by atomic mass is 10.1. The minimum atomic E-state index is -0.235. The molecule has 0 aliphatic heterocycles. The van der Waals surface area contributed by atoms with E-state index in [1.165, 1.54) is 0 Å². The lowest BCUT2D eigenvalue weighted by Crippen LogP contribution is -2.52. The Labute approximate surface area is 59.9 Å². The maximum absolute atomic E-state index is 8.48. The molecule has 1 unspecified atom stereocenters. The summed E-state index contributed by atoms with van der Waals surface area (Å²) in [5.41, 5.74) is 4.64. The van der Waals surface area contributed by atoms with E-state index in [2.05, 4.69) is 11.8 Å². The topological polar surface area (TPSA) is 51.4 Å². The van der Waals surface area contributed by atoms with Gasteiger partial charge in [0.25, 0.3) is 0 Å². The van der Waals surface area contributed by atoms with E-state index < -0.39 is 0 Å². The Hall–Kier alpha value is -1.33. The summed E-state index contributed by atoms with van der Waals surface area (Å²) in [5.74, 6) is 0. The van der Waals surface area contributed by atoms with Crippen LogP contribution in [0, 0.1) is 11.3 Å². The van der Waals surface area contributed by atoms with Gasteiger partial charge in [-0.15, -0.1) is 0 Å². The monoisotopic (exact) mass is 133 g/mol. The highest BCUT2D eigenvalue weighted by atomic mass is 14.6. The molecular weight excluding hydrogens is 124 g/mol. The molecule has 0 heterocycles. The highest BCUT2D eigenvalue weighted by Gasteiger charge is 2.04. The zero-order valence-electron chi connectivity index (χ0n) is 5.62. The van der Waals surface area contributed by atoms with Gasteiger partial charge < -0.3 is 5.73 Å². The third kappa shape index (κ3) is 1.34. The Bertz CT molecular complexity index is 235. The Morgan fingerprint density at radius 3 is 2.40 bits per heavy atom. The van der Waals surface area contributed by atoms with Crippen LogP contribution < -0.4 is 5.73 Å². The number of benzene rings is 1. The summed E-state index contributed by atoms with van der Waals surface area (Å²) in [6.45, 7) is 0. The fourth-order valence-electron chi connectivity index (χ4n) is 0.760. The second kappa shape index (κ2) is 3.00. The largest absolute Gasteiger partial charge is 0.339 e. The summed E-state index contributed by atoms with van der Waals surface area (Å²) < 4.78 is 0. The number of quaternary nitrogens is 1. The molecule has 0 aromatic heterocycles. The normalized spacial score (nSPS) is 12.0. The first-order chi connectivity index (χ1) is 4.84. The summed E-state index contributed by atoms with van der Waals surface area (Å²) in [4.78, 5) is 0. The van der Waals surface area contributed by atoms with Gasteiger partial charge in [0.05, 0.1) is 0 Å². The van der Waals surface area contributed by atoms with Gasteiger partial charge in [-0.1, -0.05) is 30.3 Å². The minimum Gasteiger partial charge on any atom is -0.339 e. The molecule has 50 valence electrons. The Morgan fingerprint density at radius 1 is 1.30 bits per heavy atom. The van der Waals surface area contributed by atoms with E-state index in [0.29, 0.717) is 0 Å². The van der Waals surface area contributed by atoms with Crippen LogP contribution in [0.2, 0.25) is 0 Å². The van der Waals surface area contributed by atoms with Gasteiger partial charge in [-0.3, -0.25) is 0 Å². The summed E-state index contributed by atoms with van der Waals surface area (Å²) >= 11 is 0. The molecule has 0 aliphatic rings. The first kappa shape index (κ1) is 6.79. The summed E-state index contributed by atoms with van der Waals surface area (Å²) in [5, 5.41) is 8.48. The van der Waals surface area contributed by atoms with E-state index in [9.17, 15) is 0 Å². The molecule has 0 saturated heterocycles. The zero-order chi connectivity index (χ0) is 7.40.